The van der Waals surface area contributed by atoms with Crippen molar-refractivity contribution in [2.45, 2.75) is 51.6 Å². The number of hydrogen-bond donors (Lipinski definition) is 1. The van der Waals surface area contributed by atoms with Gasteiger partial charge in [0.2, 0.25) is 0 Å². The third kappa shape index (κ3) is 3.58. The molecule has 1 aromatic rings. The summed E-state index contributed by atoms with van der Waals surface area (Å²) in [7, 11) is 0. The first-order valence-corrected chi connectivity index (χ1v) is 7.87. The Morgan fingerprint density at radius 1 is 1.30 bits per heavy atom. The van der Waals surface area contributed by atoms with E-state index < -0.39 is 0 Å². The monoisotopic (exact) mass is 278 g/mol. The van der Waals surface area contributed by atoms with Crippen molar-refractivity contribution in [1.82, 2.24) is 4.90 Å². The molecule has 1 aliphatic rings. The van der Waals surface area contributed by atoms with Gasteiger partial charge in [-0.1, -0.05) is 31.5 Å². The molecule has 1 fully saturated rings. The Morgan fingerprint density at radius 2 is 2.05 bits per heavy atom. The van der Waals surface area contributed by atoms with E-state index in [0.717, 1.165) is 24.6 Å². The lowest BCUT2D eigenvalue weighted by Crippen LogP contribution is -2.40. The molecule has 3 atom stereocenters. The van der Waals surface area contributed by atoms with Crippen LogP contribution in [0.25, 0.3) is 0 Å². The highest BCUT2D eigenvalue weighted by Crippen LogP contribution is 2.30. The summed E-state index contributed by atoms with van der Waals surface area (Å²) in [4.78, 5) is 2.39. The van der Waals surface area contributed by atoms with Crippen LogP contribution in [-0.4, -0.2) is 24.0 Å². The van der Waals surface area contributed by atoms with Gasteiger partial charge in [0.15, 0.2) is 0 Å². The second kappa shape index (κ2) is 7.19. The van der Waals surface area contributed by atoms with Crippen LogP contribution < -0.4 is 5.73 Å². The lowest BCUT2D eigenvalue weighted by atomic mass is 9.97. The summed E-state index contributed by atoms with van der Waals surface area (Å²) in [6, 6.07) is 6.99. The zero-order valence-corrected chi connectivity index (χ0v) is 12.7. The molecular weight excluding hydrogens is 251 g/mol. The molecule has 2 rings (SSSR count). The Kier molecular flexibility index (Phi) is 5.55. The fourth-order valence-electron chi connectivity index (χ4n) is 3.40. The van der Waals surface area contributed by atoms with Crippen molar-refractivity contribution in [2.24, 2.45) is 11.7 Å². The van der Waals surface area contributed by atoms with Gasteiger partial charge in [0.25, 0.3) is 0 Å². The van der Waals surface area contributed by atoms with Crippen LogP contribution in [-0.2, 0) is 0 Å². The lowest BCUT2D eigenvalue weighted by Gasteiger charge is -2.34. The first-order valence-electron chi connectivity index (χ1n) is 7.87. The predicted molar refractivity (Wildman–Crippen MR) is 82.0 cm³/mol. The van der Waals surface area contributed by atoms with Crippen LogP contribution in [0.3, 0.4) is 0 Å². The summed E-state index contributed by atoms with van der Waals surface area (Å²) >= 11 is 0. The molecule has 0 aromatic heterocycles. The van der Waals surface area contributed by atoms with Gasteiger partial charge in [0, 0.05) is 11.6 Å². The summed E-state index contributed by atoms with van der Waals surface area (Å²) in [5, 5.41) is 0. The minimum atomic E-state index is -0.133. The fourth-order valence-corrected chi connectivity index (χ4v) is 3.40. The largest absolute Gasteiger partial charge is 0.326 e. The normalized spacial score (nSPS) is 24.1. The molecule has 1 aliphatic heterocycles. The maximum absolute atomic E-state index is 14.1. The zero-order valence-electron chi connectivity index (χ0n) is 12.7. The molecule has 0 spiro atoms. The fraction of sp³-hybridized carbons (Fsp3) is 0.647. The highest BCUT2D eigenvalue weighted by atomic mass is 19.1. The van der Waals surface area contributed by atoms with Crippen LogP contribution in [0.4, 0.5) is 4.39 Å². The van der Waals surface area contributed by atoms with Gasteiger partial charge in [-0.05, 0) is 51.3 Å². The van der Waals surface area contributed by atoms with Crippen molar-refractivity contribution in [1.29, 1.82) is 0 Å². The molecule has 0 bridgehead atoms. The molecule has 3 heteroatoms. The number of hydrogen-bond acceptors (Lipinski definition) is 2. The summed E-state index contributed by atoms with van der Waals surface area (Å²) < 4.78 is 14.1. The Labute approximate surface area is 122 Å². The average molecular weight is 278 g/mol. The van der Waals surface area contributed by atoms with E-state index in [-0.39, 0.29) is 17.9 Å². The second-order valence-electron chi connectivity index (χ2n) is 6.07. The van der Waals surface area contributed by atoms with Crippen molar-refractivity contribution in [3.63, 3.8) is 0 Å². The molecule has 3 unspecified atom stereocenters. The van der Waals surface area contributed by atoms with Crippen molar-refractivity contribution in [2.75, 3.05) is 13.1 Å². The number of rotatable bonds is 4. The van der Waals surface area contributed by atoms with E-state index in [4.69, 9.17) is 5.73 Å². The van der Waals surface area contributed by atoms with Gasteiger partial charge >= 0.3 is 0 Å². The Bertz CT molecular complexity index is 419. The van der Waals surface area contributed by atoms with Crippen LogP contribution in [0.2, 0.25) is 0 Å². The van der Waals surface area contributed by atoms with Crippen LogP contribution >= 0.6 is 0 Å². The molecule has 1 saturated heterocycles. The molecule has 0 radical (unpaired) electrons. The number of likely N-dealkylation sites (tertiary alicyclic amines) is 1. The van der Waals surface area contributed by atoms with Gasteiger partial charge in [-0.2, -0.15) is 0 Å². The predicted octanol–water partition coefficient (Wildman–Crippen LogP) is 3.73. The molecule has 2 nitrogen and oxygen atoms in total. The van der Waals surface area contributed by atoms with Crippen LogP contribution in [0.15, 0.2) is 24.3 Å². The smallest absolute Gasteiger partial charge is 0.128 e. The van der Waals surface area contributed by atoms with Gasteiger partial charge in [0.1, 0.15) is 5.82 Å². The van der Waals surface area contributed by atoms with Crippen LogP contribution in [0.5, 0.6) is 0 Å². The molecule has 112 valence electrons. The first-order chi connectivity index (χ1) is 9.63. The molecule has 0 amide bonds. The average Bonchev–Trinajstić information content (AvgIpc) is 2.66. The quantitative estimate of drug-likeness (QED) is 0.909. The van der Waals surface area contributed by atoms with Crippen LogP contribution in [0, 0.1) is 11.7 Å². The van der Waals surface area contributed by atoms with E-state index in [0.29, 0.717) is 0 Å². The van der Waals surface area contributed by atoms with Gasteiger partial charge in [-0.15, -0.1) is 0 Å². The molecule has 0 aliphatic carbocycles. The SMILES string of the molecule is CCC1CCCN(C(c2ccccc2F)C(C)N)CC1. The third-order valence-corrected chi connectivity index (χ3v) is 4.57. The summed E-state index contributed by atoms with van der Waals surface area (Å²) in [6.07, 6.45) is 4.93. The van der Waals surface area contributed by atoms with Crippen molar-refractivity contribution in [3.8, 4) is 0 Å². The Hall–Kier alpha value is -0.930. The third-order valence-electron chi connectivity index (χ3n) is 4.57. The van der Waals surface area contributed by atoms with Crippen molar-refractivity contribution in [3.05, 3.63) is 35.6 Å². The standard InChI is InChI=1S/C17H27FN2/c1-3-14-7-6-11-20(12-10-14)17(13(2)19)15-8-4-5-9-16(15)18/h4-5,8-9,13-14,17H,3,6-7,10-12,19H2,1-2H3. The highest BCUT2D eigenvalue weighted by Gasteiger charge is 2.28. The van der Waals surface area contributed by atoms with Gasteiger partial charge in [-0.25, -0.2) is 4.39 Å². The number of nitrogens with two attached hydrogens (primary N) is 1. The van der Waals surface area contributed by atoms with Gasteiger partial charge < -0.3 is 5.73 Å². The maximum atomic E-state index is 14.1. The minimum absolute atomic E-state index is 0.00759. The summed E-state index contributed by atoms with van der Waals surface area (Å²) in [6.45, 7) is 6.30. The number of benzene rings is 1. The Morgan fingerprint density at radius 3 is 2.70 bits per heavy atom. The number of halogens is 1. The molecule has 1 aromatic carbocycles. The van der Waals surface area contributed by atoms with E-state index in [9.17, 15) is 4.39 Å². The molecule has 1 heterocycles. The Balaban J connectivity index is 2.19. The van der Waals surface area contributed by atoms with E-state index in [1.807, 2.05) is 19.1 Å². The van der Waals surface area contributed by atoms with E-state index in [2.05, 4.69) is 11.8 Å². The van der Waals surface area contributed by atoms with Crippen molar-refractivity contribution >= 4 is 0 Å². The topological polar surface area (TPSA) is 29.3 Å². The maximum Gasteiger partial charge on any atom is 0.128 e. The van der Waals surface area contributed by atoms with E-state index >= 15 is 0 Å². The highest BCUT2D eigenvalue weighted by molar-refractivity contribution is 5.22. The lowest BCUT2D eigenvalue weighted by molar-refractivity contribution is 0.177. The minimum Gasteiger partial charge on any atom is -0.326 e. The summed E-state index contributed by atoms with van der Waals surface area (Å²) in [5.41, 5.74) is 6.93. The second-order valence-corrected chi connectivity index (χ2v) is 6.07. The van der Waals surface area contributed by atoms with Gasteiger partial charge in [0.05, 0.1) is 6.04 Å². The van der Waals surface area contributed by atoms with Crippen LogP contribution in [0.1, 0.15) is 51.1 Å². The van der Waals surface area contributed by atoms with E-state index in [1.54, 1.807) is 6.07 Å². The van der Waals surface area contributed by atoms with E-state index in [1.165, 1.54) is 31.7 Å². The molecular formula is C17H27FN2. The van der Waals surface area contributed by atoms with Gasteiger partial charge in [-0.3, -0.25) is 4.90 Å². The number of nitrogens with zero attached hydrogens (tertiary/aromatic N) is 1. The summed E-state index contributed by atoms with van der Waals surface area (Å²) in [5.74, 6) is 0.681. The zero-order chi connectivity index (χ0) is 14.5. The molecule has 20 heavy (non-hydrogen) atoms. The first kappa shape index (κ1) is 15.5. The molecule has 2 N–H and O–H groups in total. The van der Waals surface area contributed by atoms with Crippen molar-refractivity contribution < 1.29 is 4.39 Å². The molecule has 0 saturated carbocycles.